The van der Waals surface area contributed by atoms with Crippen molar-refractivity contribution >= 4 is 18.3 Å². The van der Waals surface area contributed by atoms with Gasteiger partial charge in [0.25, 0.3) is 0 Å². The fraction of sp³-hybridized carbons (Fsp3) is 0.533. The van der Waals surface area contributed by atoms with E-state index in [1.807, 2.05) is 0 Å². The Morgan fingerprint density at radius 2 is 1.68 bits per heavy atom. The van der Waals surface area contributed by atoms with Crippen molar-refractivity contribution in [1.82, 2.24) is 4.90 Å². The topological polar surface area (TPSA) is 74.0 Å². The van der Waals surface area contributed by atoms with Gasteiger partial charge in [0.1, 0.15) is 17.2 Å². The zero-order valence-corrected chi connectivity index (χ0v) is 14.1. The minimum Gasteiger partial charge on any atom is -0.496 e. The molecule has 1 rings (SSSR count). The normalized spacial score (nSPS) is 9.64. The van der Waals surface area contributed by atoms with Gasteiger partial charge in [-0.25, -0.2) is 0 Å². The average Bonchev–Trinajstić information content (AvgIpc) is 2.51. The third-order valence-corrected chi connectivity index (χ3v) is 3.02. The van der Waals surface area contributed by atoms with E-state index in [4.69, 9.17) is 19.9 Å². The predicted octanol–water partition coefficient (Wildman–Crippen LogP) is 1.70. The number of methoxy groups -OCH3 is 2. The van der Waals surface area contributed by atoms with E-state index >= 15 is 0 Å². The minimum atomic E-state index is 0. The summed E-state index contributed by atoms with van der Waals surface area (Å²) < 4.78 is 16.0. The van der Waals surface area contributed by atoms with Crippen LogP contribution in [0.1, 0.15) is 12.8 Å². The lowest BCUT2D eigenvalue weighted by molar-refractivity contribution is -0.129. The summed E-state index contributed by atoms with van der Waals surface area (Å²) in [6, 6.07) is 5.38. The Kier molecular flexibility index (Phi) is 10.2. The van der Waals surface area contributed by atoms with Crippen molar-refractivity contribution in [1.29, 1.82) is 0 Å². The summed E-state index contributed by atoms with van der Waals surface area (Å²) in [6.07, 6.45) is 1.12. The second-order valence-corrected chi connectivity index (χ2v) is 4.60. The summed E-state index contributed by atoms with van der Waals surface area (Å²) in [5.41, 5.74) is 5.36. The largest absolute Gasteiger partial charge is 0.496 e. The smallest absolute Gasteiger partial charge is 0.223 e. The Morgan fingerprint density at radius 1 is 1.14 bits per heavy atom. The van der Waals surface area contributed by atoms with Crippen LogP contribution in [0.2, 0.25) is 0 Å². The van der Waals surface area contributed by atoms with Gasteiger partial charge in [0, 0.05) is 44.8 Å². The first-order valence-corrected chi connectivity index (χ1v) is 6.90. The Morgan fingerprint density at radius 3 is 2.18 bits per heavy atom. The van der Waals surface area contributed by atoms with Gasteiger partial charge in [0.05, 0.1) is 20.8 Å². The van der Waals surface area contributed by atoms with E-state index in [2.05, 4.69) is 0 Å². The highest BCUT2D eigenvalue weighted by atomic mass is 35.5. The van der Waals surface area contributed by atoms with Gasteiger partial charge in [-0.1, -0.05) is 0 Å². The summed E-state index contributed by atoms with van der Waals surface area (Å²) in [6.45, 7) is 1.53. The van der Waals surface area contributed by atoms with E-state index in [9.17, 15) is 4.79 Å². The van der Waals surface area contributed by atoms with E-state index in [-0.39, 0.29) is 18.3 Å². The molecule has 0 aromatic heterocycles. The second-order valence-electron chi connectivity index (χ2n) is 4.60. The van der Waals surface area contributed by atoms with Crippen molar-refractivity contribution in [2.75, 3.05) is 41.0 Å². The van der Waals surface area contributed by atoms with Crippen LogP contribution in [0.3, 0.4) is 0 Å². The van der Waals surface area contributed by atoms with Crippen LogP contribution >= 0.6 is 12.4 Å². The van der Waals surface area contributed by atoms with Crippen LogP contribution < -0.4 is 19.9 Å². The number of ether oxygens (including phenoxy) is 3. The number of carbonyl (C=O) groups is 1. The SMILES string of the molecule is COc1cc(OC)cc(OCCCN(C)C(=O)CCN)c1.Cl. The molecular weight excluding hydrogens is 308 g/mol. The van der Waals surface area contributed by atoms with Crippen molar-refractivity contribution in [2.45, 2.75) is 12.8 Å². The van der Waals surface area contributed by atoms with Crippen LogP contribution in [0.15, 0.2) is 18.2 Å². The summed E-state index contributed by atoms with van der Waals surface area (Å²) in [4.78, 5) is 13.2. The van der Waals surface area contributed by atoms with Gasteiger partial charge in [-0.3, -0.25) is 4.79 Å². The molecule has 0 heterocycles. The zero-order valence-electron chi connectivity index (χ0n) is 13.3. The fourth-order valence-electron chi connectivity index (χ4n) is 1.80. The maximum absolute atomic E-state index is 11.5. The molecule has 0 fully saturated rings. The van der Waals surface area contributed by atoms with Gasteiger partial charge >= 0.3 is 0 Å². The number of benzene rings is 1. The third-order valence-electron chi connectivity index (χ3n) is 3.02. The van der Waals surface area contributed by atoms with Gasteiger partial charge in [-0.15, -0.1) is 12.4 Å². The molecule has 6 nitrogen and oxygen atoms in total. The number of hydrogen-bond acceptors (Lipinski definition) is 5. The lowest BCUT2D eigenvalue weighted by Gasteiger charge is -2.17. The molecule has 1 amide bonds. The molecule has 1 aromatic carbocycles. The monoisotopic (exact) mass is 332 g/mol. The highest BCUT2D eigenvalue weighted by Crippen LogP contribution is 2.27. The van der Waals surface area contributed by atoms with Gasteiger partial charge in [0.2, 0.25) is 5.91 Å². The van der Waals surface area contributed by atoms with E-state index < -0.39 is 0 Å². The van der Waals surface area contributed by atoms with Gasteiger partial charge < -0.3 is 24.8 Å². The molecule has 0 radical (unpaired) electrons. The molecule has 126 valence electrons. The summed E-state index contributed by atoms with van der Waals surface area (Å²) in [5, 5.41) is 0. The summed E-state index contributed by atoms with van der Waals surface area (Å²) in [5.74, 6) is 2.10. The van der Waals surface area contributed by atoms with Crippen LogP contribution in [0.25, 0.3) is 0 Å². The Labute approximate surface area is 137 Å². The fourth-order valence-corrected chi connectivity index (χ4v) is 1.80. The maximum atomic E-state index is 11.5. The molecule has 22 heavy (non-hydrogen) atoms. The molecular formula is C15H25ClN2O4. The number of nitrogens with two attached hydrogens (primary N) is 1. The maximum Gasteiger partial charge on any atom is 0.223 e. The molecule has 0 saturated carbocycles. The quantitative estimate of drug-likeness (QED) is 0.697. The van der Waals surface area contributed by atoms with Gasteiger partial charge in [-0.05, 0) is 6.42 Å². The summed E-state index contributed by atoms with van der Waals surface area (Å²) >= 11 is 0. The molecule has 0 aliphatic rings. The summed E-state index contributed by atoms with van der Waals surface area (Å²) in [7, 11) is 4.96. The Bertz CT molecular complexity index is 435. The molecule has 0 atom stereocenters. The number of hydrogen-bond donors (Lipinski definition) is 1. The first-order chi connectivity index (χ1) is 10.1. The number of carbonyl (C=O) groups excluding carboxylic acids is 1. The first-order valence-electron chi connectivity index (χ1n) is 6.90. The molecule has 0 saturated heterocycles. The molecule has 7 heteroatoms. The van der Waals surface area contributed by atoms with Gasteiger partial charge in [-0.2, -0.15) is 0 Å². The van der Waals surface area contributed by atoms with Crippen molar-refractivity contribution in [2.24, 2.45) is 5.73 Å². The van der Waals surface area contributed by atoms with Crippen molar-refractivity contribution in [3.8, 4) is 17.2 Å². The number of rotatable bonds is 9. The van der Waals surface area contributed by atoms with E-state index in [0.29, 0.717) is 43.4 Å². The number of amides is 1. The standard InChI is InChI=1S/C15H24N2O4.ClH/c1-17(15(18)5-6-16)7-4-8-21-14-10-12(19-2)9-13(11-14)20-3;/h9-11H,4-8,16H2,1-3H3;1H. The van der Waals surface area contributed by atoms with Crippen LogP contribution in [-0.4, -0.2) is 51.8 Å². The molecule has 0 unspecified atom stereocenters. The van der Waals surface area contributed by atoms with Crippen molar-refractivity contribution < 1.29 is 19.0 Å². The molecule has 0 bridgehead atoms. The molecule has 1 aromatic rings. The first kappa shape index (κ1) is 20.3. The minimum absolute atomic E-state index is 0. The van der Waals surface area contributed by atoms with E-state index in [1.165, 1.54) is 0 Å². The van der Waals surface area contributed by atoms with E-state index in [0.717, 1.165) is 6.42 Å². The van der Waals surface area contributed by atoms with E-state index in [1.54, 1.807) is 44.4 Å². The zero-order chi connectivity index (χ0) is 15.7. The van der Waals surface area contributed by atoms with Crippen LogP contribution in [0, 0.1) is 0 Å². The lowest BCUT2D eigenvalue weighted by atomic mass is 10.3. The molecule has 0 aliphatic heterocycles. The third kappa shape index (κ3) is 6.87. The van der Waals surface area contributed by atoms with Crippen LogP contribution in [-0.2, 0) is 4.79 Å². The molecule has 2 N–H and O–H groups in total. The predicted molar refractivity (Wildman–Crippen MR) is 88.2 cm³/mol. The van der Waals surface area contributed by atoms with Crippen molar-refractivity contribution in [3.63, 3.8) is 0 Å². The van der Waals surface area contributed by atoms with Crippen LogP contribution in [0.5, 0.6) is 17.2 Å². The number of halogens is 1. The average molecular weight is 333 g/mol. The highest BCUT2D eigenvalue weighted by molar-refractivity contribution is 5.85. The highest BCUT2D eigenvalue weighted by Gasteiger charge is 2.07. The van der Waals surface area contributed by atoms with Gasteiger partial charge in [0.15, 0.2) is 0 Å². The number of nitrogens with zero attached hydrogens (tertiary/aromatic N) is 1. The van der Waals surface area contributed by atoms with Crippen molar-refractivity contribution in [3.05, 3.63) is 18.2 Å². The second kappa shape index (κ2) is 11.0. The molecule has 0 spiro atoms. The Balaban J connectivity index is 0.00000441. The Hall–Kier alpha value is -1.66. The lowest BCUT2D eigenvalue weighted by Crippen LogP contribution is -2.30. The molecule has 0 aliphatic carbocycles. The van der Waals surface area contributed by atoms with Crippen LogP contribution in [0.4, 0.5) is 0 Å².